The minimum absolute atomic E-state index is 0.0262. The number of nitrogens with two attached hydrogens (primary N) is 1. The van der Waals surface area contributed by atoms with Gasteiger partial charge >= 0.3 is 0 Å². The predicted octanol–water partition coefficient (Wildman–Crippen LogP) is -1.89. The first kappa shape index (κ1) is 17.8. The van der Waals surface area contributed by atoms with Crippen molar-refractivity contribution in [3.05, 3.63) is 5.21 Å². The topological polar surface area (TPSA) is 104 Å². The number of Topliss-reactive ketones (excluding diaryl/α,β-unsaturated/α-hetero) is 1. The maximum absolute atomic E-state index is 12.5. The summed E-state index contributed by atoms with van der Waals surface area (Å²) in [4.78, 5) is 13.7. The number of rotatable bonds is 5. The maximum Gasteiger partial charge on any atom is 0.190 e. The normalized spacial score (nSPS) is 41.1. The van der Waals surface area contributed by atoms with Crippen molar-refractivity contribution < 1.29 is 24.9 Å². The SMILES string of the molecule is COC1CCC(C(=O)C[NH+]2CCC(C)CC2N)CC1[NH+]([O-])O. The molecular formula is C15H30N3O4+. The lowest BCUT2D eigenvalue weighted by Gasteiger charge is -2.38. The zero-order valence-electron chi connectivity index (χ0n) is 13.6. The van der Waals surface area contributed by atoms with E-state index in [2.05, 4.69) is 6.92 Å². The molecule has 128 valence electrons. The van der Waals surface area contributed by atoms with Crippen molar-refractivity contribution in [2.24, 2.45) is 17.6 Å². The van der Waals surface area contributed by atoms with Crippen LogP contribution in [0.25, 0.3) is 0 Å². The van der Waals surface area contributed by atoms with Crippen molar-refractivity contribution in [1.29, 1.82) is 0 Å². The fourth-order valence-corrected chi connectivity index (χ4v) is 3.90. The fraction of sp³-hybridized carbons (Fsp3) is 0.933. The van der Waals surface area contributed by atoms with Crippen LogP contribution in [-0.4, -0.2) is 49.5 Å². The minimum Gasteiger partial charge on any atom is -0.600 e. The average Bonchev–Trinajstić information content (AvgIpc) is 2.49. The number of ether oxygens (including phenoxy) is 1. The van der Waals surface area contributed by atoms with Gasteiger partial charge in [-0.2, -0.15) is 0 Å². The summed E-state index contributed by atoms with van der Waals surface area (Å²) in [5.41, 5.74) is 6.16. The molecule has 2 fully saturated rings. The van der Waals surface area contributed by atoms with E-state index in [0.717, 1.165) is 30.7 Å². The lowest BCUT2D eigenvalue weighted by Crippen LogP contribution is -3.19. The molecule has 2 aliphatic rings. The number of quaternary nitrogens is 2. The summed E-state index contributed by atoms with van der Waals surface area (Å²) >= 11 is 0. The standard InChI is InChI=1S/C15H29N3O4/c1-10-5-6-17(15(16)7-10)9-13(19)11-3-4-14(22-2)12(8-11)18(20)21/h10-12,14-15,18,20H,3-9,16H2,1-2H3/p+1. The molecule has 0 radical (unpaired) electrons. The van der Waals surface area contributed by atoms with Crippen LogP contribution in [0.15, 0.2) is 0 Å². The maximum atomic E-state index is 12.5. The van der Waals surface area contributed by atoms with E-state index in [1.807, 2.05) is 0 Å². The molecule has 7 nitrogen and oxygen atoms in total. The number of piperidine rings is 1. The van der Waals surface area contributed by atoms with Gasteiger partial charge in [-0.15, -0.1) is 0 Å². The summed E-state index contributed by atoms with van der Waals surface area (Å²) in [5, 5.41) is 19.8. The molecule has 1 aliphatic carbocycles. The van der Waals surface area contributed by atoms with E-state index in [4.69, 9.17) is 10.5 Å². The Morgan fingerprint density at radius 1 is 1.41 bits per heavy atom. The molecule has 0 aromatic carbocycles. The molecular weight excluding hydrogens is 286 g/mol. The summed E-state index contributed by atoms with van der Waals surface area (Å²) in [6, 6.07) is -0.572. The first-order chi connectivity index (χ1) is 10.4. The summed E-state index contributed by atoms with van der Waals surface area (Å²) < 4.78 is 5.25. The molecule has 0 spiro atoms. The Balaban J connectivity index is 1.90. The number of carbonyl (C=O) groups is 1. The highest BCUT2D eigenvalue weighted by Gasteiger charge is 2.39. The average molecular weight is 316 g/mol. The molecule has 1 saturated carbocycles. The van der Waals surface area contributed by atoms with Crippen LogP contribution in [-0.2, 0) is 9.53 Å². The van der Waals surface area contributed by atoms with Crippen molar-refractivity contribution >= 4 is 5.78 Å². The Morgan fingerprint density at radius 2 is 2.14 bits per heavy atom. The molecule has 0 bridgehead atoms. The molecule has 0 aromatic rings. The van der Waals surface area contributed by atoms with Gasteiger partial charge in [0, 0.05) is 25.9 Å². The van der Waals surface area contributed by atoms with Gasteiger partial charge in [-0.3, -0.25) is 10.5 Å². The Morgan fingerprint density at radius 3 is 2.73 bits per heavy atom. The third-order valence-electron chi connectivity index (χ3n) is 5.40. The quantitative estimate of drug-likeness (QED) is 0.444. The van der Waals surface area contributed by atoms with Crippen LogP contribution in [0.5, 0.6) is 0 Å². The number of hydroxylamine groups is 2. The minimum atomic E-state index is -0.861. The van der Waals surface area contributed by atoms with Crippen LogP contribution in [0.1, 0.15) is 39.0 Å². The number of hydrogen-bond acceptors (Lipinski definition) is 5. The van der Waals surface area contributed by atoms with Gasteiger partial charge in [-0.1, -0.05) is 6.92 Å². The van der Waals surface area contributed by atoms with Crippen LogP contribution in [0.4, 0.5) is 0 Å². The monoisotopic (exact) mass is 316 g/mol. The van der Waals surface area contributed by atoms with Crippen molar-refractivity contribution in [2.75, 3.05) is 20.2 Å². The van der Waals surface area contributed by atoms with Gasteiger partial charge in [0.1, 0.15) is 24.9 Å². The lowest BCUT2D eigenvalue weighted by atomic mass is 9.81. The second-order valence-electron chi connectivity index (χ2n) is 7.02. The Bertz CT molecular complexity index is 380. The highest BCUT2D eigenvalue weighted by Crippen LogP contribution is 2.25. The molecule has 1 saturated heterocycles. The molecule has 1 heterocycles. The number of carbonyl (C=O) groups excluding carboxylic acids is 1. The number of likely N-dealkylation sites (tertiary alicyclic amines) is 1. The highest BCUT2D eigenvalue weighted by molar-refractivity contribution is 5.82. The van der Waals surface area contributed by atoms with E-state index in [1.54, 1.807) is 7.11 Å². The smallest absolute Gasteiger partial charge is 0.190 e. The molecule has 7 heteroatoms. The molecule has 5 N–H and O–H groups in total. The molecule has 7 atom stereocenters. The zero-order chi connectivity index (χ0) is 16.3. The van der Waals surface area contributed by atoms with Gasteiger partial charge in [0.25, 0.3) is 0 Å². The summed E-state index contributed by atoms with van der Waals surface area (Å²) in [7, 11) is 1.54. The van der Waals surface area contributed by atoms with Crippen molar-refractivity contribution in [3.8, 4) is 0 Å². The van der Waals surface area contributed by atoms with Crippen molar-refractivity contribution in [2.45, 2.75) is 57.3 Å². The van der Waals surface area contributed by atoms with Gasteiger partial charge in [0.05, 0.1) is 6.54 Å². The van der Waals surface area contributed by atoms with Crippen LogP contribution < -0.4 is 15.9 Å². The second-order valence-corrected chi connectivity index (χ2v) is 7.02. The first-order valence-electron chi connectivity index (χ1n) is 8.30. The number of hydrogen-bond donors (Lipinski definition) is 4. The van der Waals surface area contributed by atoms with Gasteiger partial charge in [-0.25, -0.2) is 10.4 Å². The zero-order valence-corrected chi connectivity index (χ0v) is 13.6. The van der Waals surface area contributed by atoms with Gasteiger partial charge in [-0.05, 0) is 25.2 Å². The third-order valence-corrected chi connectivity index (χ3v) is 5.40. The van der Waals surface area contributed by atoms with Crippen molar-refractivity contribution in [1.82, 2.24) is 0 Å². The van der Waals surface area contributed by atoms with E-state index in [0.29, 0.717) is 25.3 Å². The molecule has 0 aromatic heterocycles. The van der Waals surface area contributed by atoms with Crippen LogP contribution in [0.3, 0.4) is 0 Å². The summed E-state index contributed by atoms with van der Waals surface area (Å²) in [6.07, 6.45) is 3.57. The van der Waals surface area contributed by atoms with E-state index in [1.165, 1.54) is 0 Å². The largest absolute Gasteiger partial charge is 0.600 e. The fourth-order valence-electron chi connectivity index (χ4n) is 3.90. The van der Waals surface area contributed by atoms with Crippen LogP contribution >= 0.6 is 0 Å². The number of methoxy groups -OCH3 is 1. The van der Waals surface area contributed by atoms with Crippen molar-refractivity contribution in [3.63, 3.8) is 0 Å². The summed E-state index contributed by atoms with van der Waals surface area (Å²) in [5.74, 6) is 0.634. The highest BCUT2D eigenvalue weighted by atomic mass is 16.8. The Labute approximate surface area is 131 Å². The summed E-state index contributed by atoms with van der Waals surface area (Å²) in [6.45, 7) is 3.56. The van der Waals surface area contributed by atoms with Gasteiger partial charge < -0.3 is 14.8 Å². The van der Waals surface area contributed by atoms with E-state index >= 15 is 0 Å². The number of nitrogens with one attached hydrogen (secondary N) is 2. The van der Waals surface area contributed by atoms with Crippen LogP contribution in [0.2, 0.25) is 0 Å². The molecule has 22 heavy (non-hydrogen) atoms. The second kappa shape index (κ2) is 7.81. The van der Waals surface area contributed by atoms with Gasteiger partial charge in [0.15, 0.2) is 5.78 Å². The van der Waals surface area contributed by atoms with Gasteiger partial charge in [0.2, 0.25) is 0 Å². The first-order valence-corrected chi connectivity index (χ1v) is 8.30. The molecule has 2 rings (SSSR count). The van der Waals surface area contributed by atoms with E-state index < -0.39 is 11.3 Å². The Kier molecular flexibility index (Phi) is 6.31. The van der Waals surface area contributed by atoms with E-state index in [-0.39, 0.29) is 24.0 Å². The number of ketones is 1. The van der Waals surface area contributed by atoms with Crippen LogP contribution in [0, 0.1) is 17.0 Å². The Hall–Kier alpha value is -0.570. The molecule has 1 aliphatic heterocycles. The predicted molar refractivity (Wildman–Crippen MR) is 80.1 cm³/mol. The molecule has 7 unspecified atom stereocenters. The van der Waals surface area contributed by atoms with E-state index in [9.17, 15) is 15.2 Å². The third kappa shape index (κ3) is 4.24. The molecule has 0 amide bonds. The lowest BCUT2D eigenvalue weighted by molar-refractivity contribution is -1.07.